The first-order chi connectivity index (χ1) is 5.74. The molecule has 4 nitrogen and oxygen atoms in total. The monoisotopic (exact) mass is 170 g/mol. The van der Waals surface area contributed by atoms with Gasteiger partial charge in [-0.1, -0.05) is 0 Å². The fraction of sp³-hybridized carbons (Fsp3) is 0.250. The van der Waals surface area contributed by atoms with Gasteiger partial charge in [-0.2, -0.15) is 0 Å². The van der Waals surface area contributed by atoms with E-state index in [2.05, 4.69) is 0 Å². The van der Waals surface area contributed by atoms with Crippen LogP contribution >= 0.6 is 0 Å². The molecule has 1 rings (SSSR count). The molecule has 3 N–H and O–H groups in total. The van der Waals surface area contributed by atoms with Gasteiger partial charge in [0.15, 0.2) is 11.5 Å². The van der Waals surface area contributed by atoms with E-state index < -0.39 is 0 Å². The quantitative estimate of drug-likeness (QED) is 0.577. The summed E-state index contributed by atoms with van der Waals surface area (Å²) in [6.07, 6.45) is 0. The molecule has 4 heteroatoms. The van der Waals surface area contributed by atoms with Gasteiger partial charge in [-0.3, -0.25) is 0 Å². The van der Waals surface area contributed by atoms with Crippen LogP contribution in [0.4, 0.5) is 0 Å². The van der Waals surface area contributed by atoms with Gasteiger partial charge in [-0.05, 0) is 12.1 Å². The molecule has 0 bridgehead atoms. The van der Waals surface area contributed by atoms with E-state index in [1.807, 2.05) is 0 Å². The number of aliphatic hydroxyl groups excluding tert-OH is 1. The number of hydrogen-bond donors (Lipinski definition) is 3. The number of benzene rings is 1. The van der Waals surface area contributed by atoms with Gasteiger partial charge in [-0.25, -0.2) is 0 Å². The fourth-order valence-corrected chi connectivity index (χ4v) is 0.774. The van der Waals surface area contributed by atoms with Crippen molar-refractivity contribution in [3.8, 4) is 17.2 Å². The van der Waals surface area contributed by atoms with E-state index in [4.69, 9.17) is 20.1 Å². The van der Waals surface area contributed by atoms with Crippen molar-refractivity contribution in [2.24, 2.45) is 0 Å². The third-order valence-electron chi connectivity index (χ3n) is 1.29. The Labute approximate surface area is 69.7 Å². The topological polar surface area (TPSA) is 69.9 Å². The second-order valence-electron chi connectivity index (χ2n) is 2.22. The summed E-state index contributed by atoms with van der Waals surface area (Å²) >= 11 is 0. The van der Waals surface area contributed by atoms with E-state index >= 15 is 0 Å². The second kappa shape index (κ2) is 3.82. The number of aromatic hydroxyl groups is 2. The van der Waals surface area contributed by atoms with Gasteiger partial charge in [0, 0.05) is 6.07 Å². The highest BCUT2D eigenvalue weighted by atomic mass is 16.5. The van der Waals surface area contributed by atoms with Crippen LogP contribution in [0.1, 0.15) is 0 Å². The van der Waals surface area contributed by atoms with Crippen LogP contribution in [-0.4, -0.2) is 28.5 Å². The highest BCUT2D eigenvalue weighted by Crippen LogP contribution is 2.29. The molecule has 0 atom stereocenters. The number of ether oxygens (including phenoxy) is 1. The SMILES string of the molecule is OCCOc1cc(O)ccc1O. The van der Waals surface area contributed by atoms with Crippen LogP contribution in [0.25, 0.3) is 0 Å². The molecule has 0 fully saturated rings. The third-order valence-corrected chi connectivity index (χ3v) is 1.29. The molecule has 0 heterocycles. The van der Waals surface area contributed by atoms with E-state index in [-0.39, 0.29) is 30.5 Å². The maximum Gasteiger partial charge on any atom is 0.164 e. The first-order valence-corrected chi connectivity index (χ1v) is 3.49. The Balaban J connectivity index is 2.75. The first kappa shape index (κ1) is 8.67. The largest absolute Gasteiger partial charge is 0.508 e. The summed E-state index contributed by atoms with van der Waals surface area (Å²) in [6.45, 7) is -0.0356. The van der Waals surface area contributed by atoms with Crippen LogP contribution < -0.4 is 4.74 Å². The molecule has 0 aliphatic carbocycles. The molecule has 66 valence electrons. The molecule has 0 spiro atoms. The van der Waals surface area contributed by atoms with Crippen molar-refractivity contribution in [1.82, 2.24) is 0 Å². The molecule has 1 aromatic carbocycles. The minimum atomic E-state index is -0.130. The molecular weight excluding hydrogens is 160 g/mol. The number of phenolic OH excluding ortho intramolecular Hbond substituents is 2. The number of hydrogen-bond acceptors (Lipinski definition) is 4. The normalized spacial score (nSPS) is 9.75. The van der Waals surface area contributed by atoms with E-state index in [1.165, 1.54) is 18.2 Å². The van der Waals surface area contributed by atoms with Crippen molar-refractivity contribution in [1.29, 1.82) is 0 Å². The lowest BCUT2D eigenvalue weighted by Crippen LogP contribution is -2.01. The summed E-state index contributed by atoms with van der Waals surface area (Å²) in [4.78, 5) is 0. The van der Waals surface area contributed by atoms with Crippen LogP contribution in [0.3, 0.4) is 0 Å². The molecule has 1 aromatic rings. The summed E-state index contributed by atoms with van der Waals surface area (Å²) in [5.74, 6) is 0.131. The summed E-state index contributed by atoms with van der Waals surface area (Å²) in [5.41, 5.74) is 0. The van der Waals surface area contributed by atoms with Crippen molar-refractivity contribution in [2.75, 3.05) is 13.2 Å². The molecule has 0 radical (unpaired) electrons. The molecular formula is C8H10O4. The maximum absolute atomic E-state index is 9.14. The molecule has 0 unspecified atom stereocenters. The lowest BCUT2D eigenvalue weighted by atomic mass is 10.3. The Morgan fingerprint density at radius 3 is 2.67 bits per heavy atom. The zero-order chi connectivity index (χ0) is 8.97. The van der Waals surface area contributed by atoms with Gasteiger partial charge in [0.2, 0.25) is 0 Å². The van der Waals surface area contributed by atoms with Crippen LogP contribution in [0.5, 0.6) is 17.2 Å². The highest BCUT2D eigenvalue weighted by Gasteiger charge is 2.01. The summed E-state index contributed by atoms with van der Waals surface area (Å²) in [6, 6.07) is 3.95. The fourth-order valence-electron chi connectivity index (χ4n) is 0.774. The van der Waals surface area contributed by atoms with Gasteiger partial charge in [0.25, 0.3) is 0 Å². The van der Waals surface area contributed by atoms with Gasteiger partial charge in [0.1, 0.15) is 12.4 Å². The van der Waals surface area contributed by atoms with Gasteiger partial charge in [-0.15, -0.1) is 0 Å². The highest BCUT2D eigenvalue weighted by molar-refractivity contribution is 5.43. The first-order valence-electron chi connectivity index (χ1n) is 3.49. The van der Waals surface area contributed by atoms with E-state index in [0.717, 1.165) is 0 Å². The van der Waals surface area contributed by atoms with E-state index in [9.17, 15) is 0 Å². The number of aliphatic hydroxyl groups is 1. The zero-order valence-corrected chi connectivity index (χ0v) is 6.40. The Bertz CT molecular complexity index is 259. The molecule has 12 heavy (non-hydrogen) atoms. The van der Waals surface area contributed by atoms with Crippen molar-refractivity contribution in [2.45, 2.75) is 0 Å². The molecule has 0 amide bonds. The number of phenols is 2. The molecule has 0 saturated heterocycles. The van der Waals surface area contributed by atoms with Gasteiger partial charge >= 0.3 is 0 Å². The van der Waals surface area contributed by atoms with Crippen LogP contribution in [0, 0.1) is 0 Å². The van der Waals surface area contributed by atoms with Crippen molar-refractivity contribution >= 4 is 0 Å². The van der Waals surface area contributed by atoms with Crippen LogP contribution in [0.15, 0.2) is 18.2 Å². The predicted molar refractivity (Wildman–Crippen MR) is 42.4 cm³/mol. The van der Waals surface area contributed by atoms with Gasteiger partial charge < -0.3 is 20.1 Å². The average molecular weight is 170 g/mol. The standard InChI is InChI=1S/C8H10O4/c9-3-4-12-8-5-6(10)1-2-7(8)11/h1-2,5,9-11H,3-4H2. The Hall–Kier alpha value is -1.42. The summed E-state index contributed by atoms with van der Waals surface area (Å²) in [5, 5.41) is 26.5. The van der Waals surface area contributed by atoms with E-state index in [0.29, 0.717) is 0 Å². The maximum atomic E-state index is 9.14. The number of rotatable bonds is 3. The van der Waals surface area contributed by atoms with Crippen molar-refractivity contribution in [3.63, 3.8) is 0 Å². The Kier molecular flexibility index (Phi) is 2.76. The molecule has 0 aliphatic heterocycles. The summed E-state index contributed by atoms with van der Waals surface area (Å²) < 4.78 is 4.91. The van der Waals surface area contributed by atoms with Crippen LogP contribution in [0.2, 0.25) is 0 Å². The molecule has 0 saturated carbocycles. The lowest BCUT2D eigenvalue weighted by molar-refractivity contribution is 0.196. The Morgan fingerprint density at radius 1 is 1.25 bits per heavy atom. The van der Waals surface area contributed by atoms with Gasteiger partial charge in [0.05, 0.1) is 6.61 Å². The van der Waals surface area contributed by atoms with Crippen molar-refractivity contribution in [3.05, 3.63) is 18.2 Å². The minimum absolute atomic E-state index is 0.0146. The third kappa shape index (κ3) is 2.03. The van der Waals surface area contributed by atoms with Crippen LogP contribution in [-0.2, 0) is 0 Å². The zero-order valence-electron chi connectivity index (χ0n) is 6.40. The van der Waals surface area contributed by atoms with E-state index in [1.54, 1.807) is 0 Å². The summed E-state index contributed by atoms with van der Waals surface area (Å²) in [7, 11) is 0. The average Bonchev–Trinajstić information content (AvgIpc) is 2.07. The predicted octanol–water partition coefficient (Wildman–Crippen LogP) is 0.469. The smallest absolute Gasteiger partial charge is 0.164 e. The molecule has 0 aliphatic rings. The van der Waals surface area contributed by atoms with Crippen molar-refractivity contribution < 1.29 is 20.1 Å². The minimum Gasteiger partial charge on any atom is -0.508 e. The molecule has 0 aromatic heterocycles. The lowest BCUT2D eigenvalue weighted by Gasteiger charge is -2.05. The second-order valence-corrected chi connectivity index (χ2v) is 2.22. The Morgan fingerprint density at radius 2 is 2.00 bits per heavy atom.